The van der Waals surface area contributed by atoms with Crippen LogP contribution < -0.4 is 4.74 Å². The van der Waals surface area contributed by atoms with Crippen molar-refractivity contribution < 1.29 is 4.74 Å². The van der Waals surface area contributed by atoms with Crippen molar-refractivity contribution >= 4 is 0 Å². The predicted octanol–water partition coefficient (Wildman–Crippen LogP) is 1.79. The Morgan fingerprint density at radius 1 is 1.19 bits per heavy atom. The largest absolute Gasteiger partial charge is 0.480 e. The van der Waals surface area contributed by atoms with Crippen molar-refractivity contribution in [1.82, 2.24) is 19.5 Å². The summed E-state index contributed by atoms with van der Waals surface area (Å²) >= 11 is 0. The zero-order valence-electron chi connectivity index (χ0n) is 9.58. The van der Waals surface area contributed by atoms with E-state index in [9.17, 15) is 0 Å². The average molecular weight is 218 g/mol. The highest BCUT2D eigenvalue weighted by atomic mass is 16.5. The van der Waals surface area contributed by atoms with Crippen molar-refractivity contribution in [1.29, 1.82) is 0 Å². The molecule has 0 unspecified atom stereocenters. The summed E-state index contributed by atoms with van der Waals surface area (Å²) in [5.74, 6) is 1.65. The van der Waals surface area contributed by atoms with Crippen LogP contribution in [0.25, 0.3) is 5.82 Å². The van der Waals surface area contributed by atoms with E-state index in [-0.39, 0.29) is 0 Å². The first kappa shape index (κ1) is 10.6. The topological polar surface area (TPSA) is 52.8 Å². The van der Waals surface area contributed by atoms with Crippen LogP contribution in [0, 0.1) is 0 Å². The van der Waals surface area contributed by atoms with Gasteiger partial charge in [0.25, 0.3) is 0 Å². The van der Waals surface area contributed by atoms with Gasteiger partial charge in [0.15, 0.2) is 5.82 Å². The predicted molar refractivity (Wildman–Crippen MR) is 59.8 cm³/mol. The quantitative estimate of drug-likeness (QED) is 0.788. The Morgan fingerprint density at radius 3 is 2.50 bits per heavy atom. The van der Waals surface area contributed by atoms with E-state index < -0.39 is 0 Å². The van der Waals surface area contributed by atoms with Crippen LogP contribution in [0.2, 0.25) is 0 Å². The second-order valence-electron chi connectivity index (χ2n) is 3.78. The highest BCUT2D eigenvalue weighted by Gasteiger charge is 2.05. The number of rotatable bonds is 3. The second-order valence-corrected chi connectivity index (χ2v) is 3.78. The van der Waals surface area contributed by atoms with Crippen LogP contribution in [-0.2, 0) is 0 Å². The molecule has 0 spiro atoms. The number of hydrogen-bond donors (Lipinski definition) is 0. The van der Waals surface area contributed by atoms with Gasteiger partial charge in [-0.2, -0.15) is 0 Å². The molecule has 0 aliphatic carbocycles. The van der Waals surface area contributed by atoms with Crippen LogP contribution in [0.1, 0.15) is 25.5 Å². The van der Waals surface area contributed by atoms with Crippen molar-refractivity contribution in [2.24, 2.45) is 0 Å². The van der Waals surface area contributed by atoms with Gasteiger partial charge in [-0.25, -0.2) is 15.0 Å². The maximum atomic E-state index is 4.95. The first-order valence-electron chi connectivity index (χ1n) is 5.11. The normalized spacial score (nSPS) is 10.8. The molecule has 0 aliphatic rings. The average Bonchev–Trinajstić information content (AvgIpc) is 2.78. The fourth-order valence-corrected chi connectivity index (χ4v) is 1.31. The molecule has 0 radical (unpaired) electrons. The Hall–Kier alpha value is -1.91. The lowest BCUT2D eigenvalue weighted by atomic mass is 10.2. The fraction of sp³-hybridized carbons (Fsp3) is 0.364. The molecule has 0 aromatic carbocycles. The Bertz CT molecular complexity index is 461. The van der Waals surface area contributed by atoms with E-state index in [1.54, 1.807) is 25.8 Å². The van der Waals surface area contributed by atoms with Gasteiger partial charge in [-0.05, 0) is 5.92 Å². The molecular weight excluding hydrogens is 204 g/mol. The summed E-state index contributed by atoms with van der Waals surface area (Å²) in [5, 5.41) is 0. The minimum absolute atomic E-state index is 0.410. The Kier molecular flexibility index (Phi) is 2.85. The Labute approximate surface area is 94.1 Å². The van der Waals surface area contributed by atoms with E-state index >= 15 is 0 Å². The number of hydrogen-bond acceptors (Lipinski definition) is 4. The molecule has 0 saturated carbocycles. The van der Waals surface area contributed by atoms with E-state index in [0.29, 0.717) is 11.8 Å². The number of ether oxygens (including phenoxy) is 1. The van der Waals surface area contributed by atoms with Crippen LogP contribution in [0.4, 0.5) is 0 Å². The number of aromatic nitrogens is 4. The maximum absolute atomic E-state index is 4.95. The molecule has 0 atom stereocenters. The van der Waals surface area contributed by atoms with E-state index in [2.05, 4.69) is 28.8 Å². The van der Waals surface area contributed by atoms with Gasteiger partial charge in [0.1, 0.15) is 6.33 Å². The van der Waals surface area contributed by atoms with Crippen molar-refractivity contribution in [3.05, 3.63) is 30.6 Å². The van der Waals surface area contributed by atoms with E-state index in [0.717, 1.165) is 11.5 Å². The van der Waals surface area contributed by atoms with Gasteiger partial charge >= 0.3 is 0 Å². The molecule has 0 N–H and O–H groups in total. The molecule has 2 aromatic heterocycles. The first-order chi connectivity index (χ1) is 7.70. The van der Waals surface area contributed by atoms with Crippen LogP contribution >= 0.6 is 0 Å². The molecule has 2 rings (SSSR count). The first-order valence-corrected chi connectivity index (χ1v) is 5.11. The van der Waals surface area contributed by atoms with Gasteiger partial charge in [-0.3, -0.25) is 4.57 Å². The van der Waals surface area contributed by atoms with Gasteiger partial charge in [-0.1, -0.05) is 13.8 Å². The Morgan fingerprint density at radius 2 is 2.00 bits per heavy atom. The molecule has 16 heavy (non-hydrogen) atoms. The molecular formula is C11H14N4O. The molecule has 84 valence electrons. The van der Waals surface area contributed by atoms with Crippen LogP contribution in [-0.4, -0.2) is 26.6 Å². The SMILES string of the molecule is COc1cnc(-n2cnc(C(C)C)c2)cn1. The zero-order valence-corrected chi connectivity index (χ0v) is 9.58. The smallest absolute Gasteiger partial charge is 0.232 e. The Balaban J connectivity index is 2.28. The second kappa shape index (κ2) is 4.30. The van der Waals surface area contributed by atoms with Crippen molar-refractivity contribution in [3.8, 4) is 11.7 Å². The standard InChI is InChI=1S/C11H14N4O/c1-8(2)9-6-15(7-14-9)10-4-13-11(16-3)5-12-10/h4-8H,1-3H3. The van der Waals surface area contributed by atoms with Crippen LogP contribution in [0.3, 0.4) is 0 Å². The summed E-state index contributed by atoms with van der Waals surface area (Å²) in [6, 6.07) is 0. The number of methoxy groups -OCH3 is 1. The van der Waals surface area contributed by atoms with Gasteiger partial charge < -0.3 is 4.74 Å². The van der Waals surface area contributed by atoms with Crippen LogP contribution in [0.5, 0.6) is 5.88 Å². The molecule has 0 aliphatic heterocycles. The lowest BCUT2D eigenvalue weighted by Gasteiger charge is -2.01. The lowest BCUT2D eigenvalue weighted by Crippen LogP contribution is -1.97. The lowest BCUT2D eigenvalue weighted by molar-refractivity contribution is 0.395. The highest BCUT2D eigenvalue weighted by molar-refractivity contribution is 5.22. The van der Waals surface area contributed by atoms with Crippen LogP contribution in [0.15, 0.2) is 24.9 Å². The summed E-state index contributed by atoms with van der Waals surface area (Å²) < 4.78 is 6.80. The molecule has 0 bridgehead atoms. The van der Waals surface area contributed by atoms with E-state index in [4.69, 9.17) is 4.74 Å². The minimum atomic E-state index is 0.410. The molecule has 0 amide bonds. The third-order valence-electron chi connectivity index (χ3n) is 2.28. The van der Waals surface area contributed by atoms with Gasteiger partial charge in [0.05, 0.1) is 25.2 Å². The third kappa shape index (κ3) is 2.03. The summed E-state index contributed by atoms with van der Waals surface area (Å²) in [6.07, 6.45) is 6.95. The van der Waals surface area contributed by atoms with Gasteiger partial charge in [0, 0.05) is 6.20 Å². The summed E-state index contributed by atoms with van der Waals surface area (Å²) in [4.78, 5) is 12.6. The van der Waals surface area contributed by atoms with Crippen molar-refractivity contribution in [2.45, 2.75) is 19.8 Å². The van der Waals surface area contributed by atoms with Gasteiger partial charge in [-0.15, -0.1) is 0 Å². The summed E-state index contributed by atoms with van der Waals surface area (Å²) in [5.41, 5.74) is 1.04. The molecule has 2 heterocycles. The van der Waals surface area contributed by atoms with E-state index in [1.165, 1.54) is 0 Å². The minimum Gasteiger partial charge on any atom is -0.480 e. The molecule has 5 nitrogen and oxygen atoms in total. The summed E-state index contributed by atoms with van der Waals surface area (Å²) in [6.45, 7) is 4.21. The van der Waals surface area contributed by atoms with Crippen molar-refractivity contribution in [2.75, 3.05) is 7.11 Å². The summed E-state index contributed by atoms with van der Waals surface area (Å²) in [7, 11) is 1.57. The molecule has 5 heteroatoms. The fourth-order valence-electron chi connectivity index (χ4n) is 1.31. The third-order valence-corrected chi connectivity index (χ3v) is 2.28. The molecule has 0 saturated heterocycles. The highest BCUT2D eigenvalue weighted by Crippen LogP contribution is 2.13. The monoisotopic (exact) mass is 218 g/mol. The number of imidazole rings is 1. The number of nitrogens with zero attached hydrogens (tertiary/aromatic N) is 4. The van der Waals surface area contributed by atoms with Gasteiger partial charge in [0.2, 0.25) is 5.88 Å². The molecule has 0 fully saturated rings. The van der Waals surface area contributed by atoms with Crippen molar-refractivity contribution in [3.63, 3.8) is 0 Å². The van der Waals surface area contributed by atoms with E-state index in [1.807, 2.05) is 10.8 Å². The zero-order chi connectivity index (χ0) is 11.5. The molecule has 2 aromatic rings. The maximum Gasteiger partial charge on any atom is 0.232 e.